The molecule has 0 N–H and O–H groups in total. The highest BCUT2D eigenvalue weighted by Crippen LogP contribution is 2.16. The van der Waals surface area contributed by atoms with Crippen molar-refractivity contribution in [3.63, 3.8) is 0 Å². The van der Waals surface area contributed by atoms with Gasteiger partial charge in [-0.05, 0) is 25.5 Å². The molecule has 12 heavy (non-hydrogen) atoms. The SMILES string of the molecule is CCOc1ncc(CBr)cc1C. The van der Waals surface area contributed by atoms with Crippen LogP contribution in [0.1, 0.15) is 18.1 Å². The van der Waals surface area contributed by atoms with Crippen molar-refractivity contribution in [1.29, 1.82) is 0 Å². The first-order valence-corrected chi connectivity index (χ1v) is 5.04. The summed E-state index contributed by atoms with van der Waals surface area (Å²) in [4.78, 5) is 4.19. The average molecular weight is 230 g/mol. The topological polar surface area (TPSA) is 22.1 Å². The Morgan fingerprint density at radius 1 is 1.58 bits per heavy atom. The molecule has 3 heteroatoms. The lowest BCUT2D eigenvalue weighted by atomic mass is 10.2. The molecule has 66 valence electrons. The number of rotatable bonds is 3. The zero-order valence-electron chi connectivity index (χ0n) is 7.30. The minimum atomic E-state index is 0.668. The maximum Gasteiger partial charge on any atom is 0.216 e. The zero-order valence-corrected chi connectivity index (χ0v) is 8.89. The minimum Gasteiger partial charge on any atom is -0.478 e. The quantitative estimate of drug-likeness (QED) is 0.744. The molecule has 0 saturated carbocycles. The lowest BCUT2D eigenvalue weighted by Gasteiger charge is -2.05. The van der Waals surface area contributed by atoms with Crippen molar-refractivity contribution in [2.45, 2.75) is 19.2 Å². The molecular weight excluding hydrogens is 218 g/mol. The Morgan fingerprint density at radius 3 is 2.83 bits per heavy atom. The number of aryl methyl sites for hydroxylation is 1. The van der Waals surface area contributed by atoms with E-state index in [9.17, 15) is 0 Å². The number of alkyl halides is 1. The minimum absolute atomic E-state index is 0.668. The van der Waals surface area contributed by atoms with Gasteiger partial charge in [-0.3, -0.25) is 0 Å². The van der Waals surface area contributed by atoms with Gasteiger partial charge in [-0.1, -0.05) is 15.9 Å². The average Bonchev–Trinajstić information content (AvgIpc) is 2.09. The normalized spacial score (nSPS) is 9.92. The van der Waals surface area contributed by atoms with E-state index in [0.717, 1.165) is 16.8 Å². The van der Waals surface area contributed by atoms with Gasteiger partial charge in [0, 0.05) is 17.1 Å². The molecule has 1 heterocycles. The van der Waals surface area contributed by atoms with Gasteiger partial charge >= 0.3 is 0 Å². The molecule has 0 radical (unpaired) electrons. The van der Waals surface area contributed by atoms with Gasteiger partial charge in [-0.25, -0.2) is 4.98 Å². The smallest absolute Gasteiger partial charge is 0.216 e. The number of nitrogens with zero attached hydrogens (tertiary/aromatic N) is 1. The van der Waals surface area contributed by atoms with Crippen LogP contribution in [0.25, 0.3) is 0 Å². The fourth-order valence-electron chi connectivity index (χ4n) is 0.981. The summed E-state index contributed by atoms with van der Waals surface area (Å²) >= 11 is 3.37. The van der Waals surface area contributed by atoms with E-state index in [1.807, 2.05) is 20.0 Å². The predicted octanol–water partition coefficient (Wildman–Crippen LogP) is 2.68. The van der Waals surface area contributed by atoms with Crippen molar-refractivity contribution >= 4 is 15.9 Å². The fraction of sp³-hybridized carbons (Fsp3) is 0.444. The van der Waals surface area contributed by atoms with E-state index < -0.39 is 0 Å². The van der Waals surface area contributed by atoms with Gasteiger partial charge in [0.2, 0.25) is 5.88 Å². The summed E-state index contributed by atoms with van der Waals surface area (Å²) in [6.45, 7) is 4.63. The Bertz CT molecular complexity index is 263. The van der Waals surface area contributed by atoms with Crippen molar-refractivity contribution in [1.82, 2.24) is 4.98 Å². The first-order valence-electron chi connectivity index (χ1n) is 3.92. The van der Waals surface area contributed by atoms with Crippen LogP contribution in [-0.2, 0) is 5.33 Å². The van der Waals surface area contributed by atoms with Gasteiger partial charge in [0.25, 0.3) is 0 Å². The summed E-state index contributed by atoms with van der Waals surface area (Å²) in [6.07, 6.45) is 1.83. The van der Waals surface area contributed by atoms with Crippen LogP contribution in [0.5, 0.6) is 5.88 Å². The van der Waals surface area contributed by atoms with Crippen molar-refractivity contribution in [3.8, 4) is 5.88 Å². The molecular formula is C9H12BrNO. The van der Waals surface area contributed by atoms with Gasteiger partial charge in [-0.15, -0.1) is 0 Å². The Balaban J connectivity index is 2.87. The van der Waals surface area contributed by atoms with Crippen LogP contribution in [0.3, 0.4) is 0 Å². The van der Waals surface area contributed by atoms with Gasteiger partial charge in [0.05, 0.1) is 6.61 Å². The summed E-state index contributed by atoms with van der Waals surface area (Å²) in [5.74, 6) is 0.738. The van der Waals surface area contributed by atoms with Crippen LogP contribution >= 0.6 is 15.9 Å². The third-order valence-corrected chi connectivity index (χ3v) is 2.17. The summed E-state index contributed by atoms with van der Waals surface area (Å²) in [7, 11) is 0. The van der Waals surface area contributed by atoms with E-state index in [0.29, 0.717) is 6.61 Å². The second-order valence-corrected chi connectivity index (χ2v) is 3.09. The first-order chi connectivity index (χ1) is 5.77. The van der Waals surface area contributed by atoms with E-state index in [4.69, 9.17) is 4.74 Å². The molecule has 0 unspecified atom stereocenters. The Labute approximate surface area is 81.1 Å². The maximum atomic E-state index is 5.31. The number of pyridine rings is 1. The Hall–Kier alpha value is -0.570. The van der Waals surface area contributed by atoms with Gasteiger partial charge in [-0.2, -0.15) is 0 Å². The molecule has 0 fully saturated rings. The lowest BCUT2D eigenvalue weighted by molar-refractivity contribution is 0.324. The second-order valence-electron chi connectivity index (χ2n) is 2.53. The standard InChI is InChI=1S/C9H12BrNO/c1-3-12-9-7(2)4-8(5-10)6-11-9/h4,6H,3,5H2,1-2H3. The van der Waals surface area contributed by atoms with E-state index in [1.165, 1.54) is 5.56 Å². The molecule has 0 spiro atoms. The first kappa shape index (κ1) is 9.52. The molecule has 0 atom stereocenters. The highest BCUT2D eigenvalue weighted by Gasteiger charge is 2.00. The fourth-order valence-corrected chi connectivity index (χ4v) is 1.29. The maximum absolute atomic E-state index is 5.31. The molecule has 0 aliphatic heterocycles. The van der Waals surface area contributed by atoms with E-state index in [-0.39, 0.29) is 0 Å². The summed E-state index contributed by atoms with van der Waals surface area (Å²) in [6, 6.07) is 2.08. The molecule has 0 amide bonds. The highest BCUT2D eigenvalue weighted by molar-refractivity contribution is 9.08. The third kappa shape index (κ3) is 2.21. The molecule has 2 nitrogen and oxygen atoms in total. The van der Waals surface area contributed by atoms with Crippen molar-refractivity contribution in [2.75, 3.05) is 6.61 Å². The number of ether oxygens (including phenoxy) is 1. The Morgan fingerprint density at radius 2 is 2.33 bits per heavy atom. The predicted molar refractivity (Wildman–Crippen MR) is 52.8 cm³/mol. The van der Waals surface area contributed by atoms with E-state index in [1.54, 1.807) is 0 Å². The number of halogens is 1. The molecule has 1 aromatic heterocycles. The Kier molecular flexibility index (Phi) is 3.53. The molecule has 0 aliphatic carbocycles. The van der Waals surface area contributed by atoms with Gasteiger partial charge in [0.1, 0.15) is 0 Å². The van der Waals surface area contributed by atoms with Crippen molar-refractivity contribution in [2.24, 2.45) is 0 Å². The second kappa shape index (κ2) is 4.45. The highest BCUT2D eigenvalue weighted by atomic mass is 79.9. The monoisotopic (exact) mass is 229 g/mol. The van der Waals surface area contributed by atoms with Crippen LogP contribution in [0.15, 0.2) is 12.3 Å². The summed E-state index contributed by atoms with van der Waals surface area (Å²) in [5, 5.41) is 0.841. The number of aromatic nitrogens is 1. The van der Waals surface area contributed by atoms with Crippen LogP contribution in [0, 0.1) is 6.92 Å². The van der Waals surface area contributed by atoms with Gasteiger partial charge < -0.3 is 4.74 Å². The van der Waals surface area contributed by atoms with Gasteiger partial charge in [0.15, 0.2) is 0 Å². The van der Waals surface area contributed by atoms with E-state index in [2.05, 4.69) is 27.0 Å². The molecule has 0 bridgehead atoms. The molecule has 1 rings (SSSR count). The number of hydrogen-bond acceptors (Lipinski definition) is 2. The lowest BCUT2D eigenvalue weighted by Crippen LogP contribution is -1.97. The molecule has 0 aliphatic rings. The summed E-state index contributed by atoms with van der Waals surface area (Å²) in [5.41, 5.74) is 2.27. The van der Waals surface area contributed by atoms with Crippen LogP contribution < -0.4 is 4.74 Å². The molecule has 0 saturated heterocycles. The van der Waals surface area contributed by atoms with Crippen LogP contribution in [0.4, 0.5) is 0 Å². The third-order valence-electron chi connectivity index (χ3n) is 1.52. The summed E-state index contributed by atoms with van der Waals surface area (Å²) < 4.78 is 5.31. The molecule has 1 aromatic rings. The number of hydrogen-bond donors (Lipinski definition) is 0. The largest absolute Gasteiger partial charge is 0.478 e. The molecule has 0 aromatic carbocycles. The van der Waals surface area contributed by atoms with Crippen molar-refractivity contribution < 1.29 is 4.74 Å². The van der Waals surface area contributed by atoms with Crippen LogP contribution in [-0.4, -0.2) is 11.6 Å². The van der Waals surface area contributed by atoms with Crippen LogP contribution in [0.2, 0.25) is 0 Å². The zero-order chi connectivity index (χ0) is 8.97. The van der Waals surface area contributed by atoms with E-state index >= 15 is 0 Å². The van der Waals surface area contributed by atoms with Crippen molar-refractivity contribution in [3.05, 3.63) is 23.4 Å².